The summed E-state index contributed by atoms with van der Waals surface area (Å²) in [4.78, 5) is 3.50. The van der Waals surface area contributed by atoms with Gasteiger partial charge in [0.25, 0.3) is 0 Å². The van der Waals surface area contributed by atoms with Crippen LogP contribution in [0.25, 0.3) is 0 Å². The van der Waals surface area contributed by atoms with Crippen LogP contribution in [0.4, 0.5) is 0 Å². The molecule has 0 spiro atoms. The molecule has 1 aromatic carbocycles. The summed E-state index contributed by atoms with van der Waals surface area (Å²) in [5.41, 5.74) is 0.654. The van der Waals surface area contributed by atoms with Crippen LogP contribution in [0.1, 0.15) is 12.0 Å². The van der Waals surface area contributed by atoms with E-state index in [0.717, 1.165) is 6.07 Å². The van der Waals surface area contributed by atoms with Crippen LogP contribution >= 0.6 is 0 Å². The van der Waals surface area contributed by atoms with Crippen molar-refractivity contribution in [3.63, 3.8) is 0 Å². The fourth-order valence-electron chi connectivity index (χ4n) is 2.78. The number of sulfone groups is 2. The Morgan fingerprint density at radius 3 is 2.44 bits per heavy atom. The molecule has 11 heteroatoms. The van der Waals surface area contributed by atoms with Crippen LogP contribution in [0.3, 0.4) is 0 Å². The monoisotopic (exact) mass is 430 g/mol. The third-order valence-corrected chi connectivity index (χ3v) is 9.83. The molecule has 1 N–H and O–H groups in total. The van der Waals surface area contributed by atoms with Crippen molar-refractivity contribution < 1.29 is 25.3 Å². The molecule has 2 aromatic rings. The van der Waals surface area contributed by atoms with Gasteiger partial charge in [-0.2, -0.15) is 0 Å². The molecular formula is C16H18N2O6S3. The summed E-state index contributed by atoms with van der Waals surface area (Å²) in [6.45, 7) is 0.00796. The van der Waals surface area contributed by atoms with Gasteiger partial charge >= 0.3 is 0 Å². The minimum absolute atomic E-state index is 0.00796. The van der Waals surface area contributed by atoms with E-state index < -0.39 is 40.7 Å². The van der Waals surface area contributed by atoms with Gasteiger partial charge in [0.15, 0.2) is 19.7 Å². The van der Waals surface area contributed by atoms with Crippen LogP contribution in [-0.4, -0.2) is 47.0 Å². The molecule has 146 valence electrons. The van der Waals surface area contributed by atoms with Crippen molar-refractivity contribution in [2.45, 2.75) is 28.0 Å². The molecule has 1 aliphatic rings. The normalized spacial score (nSPS) is 19.8. The first-order chi connectivity index (χ1) is 12.6. The lowest BCUT2D eigenvalue weighted by Gasteiger charge is -2.12. The van der Waals surface area contributed by atoms with Crippen molar-refractivity contribution in [1.29, 1.82) is 0 Å². The molecule has 8 nitrogen and oxygen atoms in total. The molecule has 1 saturated heterocycles. The highest BCUT2D eigenvalue weighted by molar-refractivity contribution is 7.96. The quantitative estimate of drug-likeness (QED) is 0.708. The van der Waals surface area contributed by atoms with E-state index in [0.29, 0.717) is 5.56 Å². The predicted octanol–water partition coefficient (Wildman–Crippen LogP) is 0.521. The second kappa shape index (κ2) is 7.30. The van der Waals surface area contributed by atoms with Gasteiger partial charge in [0, 0.05) is 18.9 Å². The summed E-state index contributed by atoms with van der Waals surface area (Å²) in [7, 11) is -11.3. The van der Waals surface area contributed by atoms with E-state index >= 15 is 0 Å². The first kappa shape index (κ1) is 19.9. The fourth-order valence-corrected chi connectivity index (χ4v) is 8.32. The van der Waals surface area contributed by atoms with Crippen molar-refractivity contribution in [1.82, 2.24) is 9.71 Å². The topological polar surface area (TPSA) is 127 Å². The van der Waals surface area contributed by atoms with E-state index in [1.54, 1.807) is 18.3 Å². The van der Waals surface area contributed by atoms with E-state index in [4.69, 9.17) is 0 Å². The molecule has 2 heterocycles. The number of aromatic nitrogens is 1. The van der Waals surface area contributed by atoms with E-state index in [1.807, 2.05) is 0 Å². The molecule has 27 heavy (non-hydrogen) atoms. The number of hydrogen-bond acceptors (Lipinski definition) is 7. The molecule has 0 radical (unpaired) electrons. The molecule has 1 fully saturated rings. The lowest BCUT2D eigenvalue weighted by Crippen LogP contribution is -2.25. The van der Waals surface area contributed by atoms with Crippen LogP contribution < -0.4 is 4.72 Å². The minimum atomic E-state index is -3.95. The van der Waals surface area contributed by atoms with Crippen molar-refractivity contribution in [2.75, 3.05) is 11.5 Å². The van der Waals surface area contributed by atoms with Gasteiger partial charge in [0.05, 0.1) is 26.5 Å². The Labute approximate surface area is 158 Å². The molecule has 0 bridgehead atoms. The van der Waals surface area contributed by atoms with Crippen LogP contribution in [-0.2, 0) is 36.2 Å². The Bertz CT molecular complexity index is 1140. The van der Waals surface area contributed by atoms with Gasteiger partial charge in [-0.05, 0) is 36.2 Å². The summed E-state index contributed by atoms with van der Waals surface area (Å²) in [5.74, 6) is -0.618. The predicted molar refractivity (Wildman–Crippen MR) is 98.9 cm³/mol. The molecule has 1 aromatic heterocycles. The average molecular weight is 431 g/mol. The number of hydrogen-bond donors (Lipinski definition) is 1. The Hall–Kier alpha value is -1.82. The second-order valence-electron chi connectivity index (χ2n) is 6.23. The van der Waals surface area contributed by atoms with E-state index in [2.05, 4.69) is 9.71 Å². The van der Waals surface area contributed by atoms with Crippen LogP contribution in [0, 0.1) is 0 Å². The Morgan fingerprint density at radius 2 is 1.81 bits per heavy atom. The summed E-state index contributed by atoms with van der Waals surface area (Å²) in [6.07, 6.45) is 3.10. The number of pyridine rings is 1. The fraction of sp³-hybridized carbons (Fsp3) is 0.312. The summed E-state index contributed by atoms with van der Waals surface area (Å²) < 4.78 is 75.9. The molecule has 3 rings (SSSR count). The van der Waals surface area contributed by atoms with Crippen molar-refractivity contribution in [2.24, 2.45) is 0 Å². The number of sulfonamides is 1. The van der Waals surface area contributed by atoms with E-state index in [9.17, 15) is 25.3 Å². The van der Waals surface area contributed by atoms with E-state index in [1.165, 1.54) is 24.4 Å². The zero-order valence-corrected chi connectivity index (χ0v) is 16.6. The number of nitrogens with one attached hydrogen (secondary N) is 1. The van der Waals surface area contributed by atoms with Gasteiger partial charge in [0.2, 0.25) is 10.0 Å². The first-order valence-corrected chi connectivity index (χ1v) is 12.9. The maximum atomic E-state index is 12.7. The Kier molecular flexibility index (Phi) is 5.39. The highest BCUT2D eigenvalue weighted by Crippen LogP contribution is 2.26. The zero-order chi connectivity index (χ0) is 19.7. The van der Waals surface area contributed by atoms with Crippen LogP contribution in [0.2, 0.25) is 0 Å². The van der Waals surface area contributed by atoms with Crippen LogP contribution in [0.15, 0.2) is 58.6 Å². The molecule has 0 saturated carbocycles. The van der Waals surface area contributed by atoms with Gasteiger partial charge in [-0.25, -0.2) is 30.0 Å². The number of rotatable bonds is 6. The zero-order valence-electron chi connectivity index (χ0n) is 14.1. The third kappa shape index (κ3) is 4.54. The van der Waals surface area contributed by atoms with Crippen molar-refractivity contribution in [3.05, 3.63) is 54.4 Å². The van der Waals surface area contributed by atoms with Gasteiger partial charge in [-0.15, -0.1) is 0 Å². The summed E-state index contributed by atoms with van der Waals surface area (Å²) >= 11 is 0. The lowest BCUT2D eigenvalue weighted by molar-refractivity contribution is 0.579. The summed E-state index contributed by atoms with van der Waals surface area (Å²) in [6, 6.07) is 8.33. The SMILES string of the molecule is O=S1(=O)CC[C@@H](S(=O)(=O)c2cccc(S(=O)(=O)NCc3cccnc3)c2)C1. The largest absolute Gasteiger partial charge is 0.264 e. The number of benzene rings is 1. The highest BCUT2D eigenvalue weighted by Gasteiger charge is 2.38. The van der Waals surface area contributed by atoms with Crippen LogP contribution in [0.5, 0.6) is 0 Å². The molecule has 1 atom stereocenters. The average Bonchev–Trinajstić information content (AvgIpc) is 3.02. The molecule has 0 amide bonds. The molecular weight excluding hydrogens is 412 g/mol. The standard InChI is InChI=1S/C16H18N2O6S3/c19-25(20)8-6-16(12-25)26(21,22)14-4-1-5-15(9-14)27(23,24)18-11-13-3-2-7-17-10-13/h1-5,7,9-10,16,18H,6,8,11-12H2/t16-/m1/s1. The Balaban J connectivity index is 1.84. The van der Waals surface area contributed by atoms with Crippen molar-refractivity contribution >= 4 is 29.7 Å². The third-order valence-electron chi connectivity index (χ3n) is 4.26. The molecule has 0 aliphatic carbocycles. The minimum Gasteiger partial charge on any atom is -0.264 e. The Morgan fingerprint density at radius 1 is 1.07 bits per heavy atom. The van der Waals surface area contributed by atoms with Gasteiger partial charge in [0.1, 0.15) is 0 Å². The number of nitrogens with zero attached hydrogens (tertiary/aromatic N) is 1. The van der Waals surface area contributed by atoms with Gasteiger partial charge < -0.3 is 0 Å². The first-order valence-electron chi connectivity index (χ1n) is 8.03. The highest BCUT2D eigenvalue weighted by atomic mass is 32.2. The maximum Gasteiger partial charge on any atom is 0.240 e. The molecule has 1 aliphatic heterocycles. The lowest BCUT2D eigenvalue weighted by atomic mass is 10.3. The van der Waals surface area contributed by atoms with Crippen molar-refractivity contribution in [3.8, 4) is 0 Å². The maximum absolute atomic E-state index is 12.7. The smallest absolute Gasteiger partial charge is 0.240 e. The van der Waals surface area contributed by atoms with Gasteiger partial charge in [-0.3, -0.25) is 4.98 Å². The molecule has 0 unspecified atom stereocenters. The second-order valence-corrected chi connectivity index (χ2v) is 12.5. The summed E-state index contributed by atoms with van der Waals surface area (Å²) in [5, 5.41) is -1.05. The van der Waals surface area contributed by atoms with E-state index in [-0.39, 0.29) is 28.5 Å². The van der Waals surface area contributed by atoms with Gasteiger partial charge in [-0.1, -0.05) is 12.1 Å².